The first kappa shape index (κ1) is 24.8. The molecule has 0 spiro atoms. The fraction of sp³-hybridized carbons (Fsp3) is 0.609. The van der Waals surface area contributed by atoms with Crippen LogP contribution in [0.2, 0.25) is 0 Å². The quantitative estimate of drug-likeness (QED) is 0.266. The summed E-state index contributed by atoms with van der Waals surface area (Å²) in [6.45, 7) is 9.87. The Morgan fingerprint density at radius 2 is 1.38 bits per heavy atom. The molecule has 29 heavy (non-hydrogen) atoms. The van der Waals surface area contributed by atoms with Gasteiger partial charge in [0.1, 0.15) is 5.78 Å². The van der Waals surface area contributed by atoms with Gasteiger partial charge in [-0.2, -0.15) is 0 Å². The lowest BCUT2D eigenvalue weighted by Crippen LogP contribution is -2.31. The van der Waals surface area contributed by atoms with Crippen molar-refractivity contribution >= 4 is 23.3 Å². The smallest absolute Gasteiger partial charge is 0.243 e. The largest absolute Gasteiger partial charge is 0.326 e. The Bertz CT molecular complexity index is 693. The van der Waals surface area contributed by atoms with Crippen molar-refractivity contribution in [3.63, 3.8) is 0 Å². The van der Waals surface area contributed by atoms with Crippen molar-refractivity contribution in [2.75, 3.05) is 5.32 Å². The predicted octanol–water partition coefficient (Wildman–Crippen LogP) is 4.75. The van der Waals surface area contributed by atoms with E-state index in [1.54, 1.807) is 12.4 Å². The summed E-state index contributed by atoms with van der Waals surface area (Å²) in [4.78, 5) is 34.9. The molecule has 0 aromatic heterocycles. The lowest BCUT2D eigenvalue weighted by Gasteiger charge is -2.34. The van der Waals surface area contributed by atoms with Gasteiger partial charge >= 0.3 is 0 Å². The monoisotopic (exact) mass is 404 g/mol. The highest BCUT2D eigenvalue weighted by atomic mass is 16.5. The van der Waals surface area contributed by atoms with Crippen molar-refractivity contribution in [1.82, 2.24) is 5.48 Å². The van der Waals surface area contributed by atoms with Crippen molar-refractivity contribution in [2.24, 2.45) is 5.41 Å². The molecule has 0 aliphatic rings. The second-order valence-electron chi connectivity index (χ2n) is 9.08. The second-order valence-corrected chi connectivity index (χ2v) is 9.08. The molecule has 0 heterocycles. The van der Waals surface area contributed by atoms with Gasteiger partial charge in [-0.1, -0.05) is 52.7 Å². The molecule has 162 valence electrons. The molecule has 0 aliphatic carbocycles. The van der Waals surface area contributed by atoms with Crippen LogP contribution in [0.5, 0.6) is 0 Å². The summed E-state index contributed by atoms with van der Waals surface area (Å²) in [6.07, 6.45) is 4.66. The SMILES string of the molecule is CC(=O)C(C)(C)CC(C)(C)c1ccc(NC(=O)CCCCCCC(=O)NO)cc1. The highest BCUT2D eigenvalue weighted by Gasteiger charge is 2.33. The maximum Gasteiger partial charge on any atom is 0.243 e. The fourth-order valence-corrected chi connectivity index (χ4v) is 3.54. The second kappa shape index (κ2) is 11.1. The molecular weight excluding hydrogens is 368 g/mol. The van der Waals surface area contributed by atoms with E-state index in [0.717, 1.165) is 36.9 Å². The Labute approximate surface area is 174 Å². The van der Waals surface area contributed by atoms with Crippen LogP contribution in [0.3, 0.4) is 0 Å². The number of benzene rings is 1. The van der Waals surface area contributed by atoms with E-state index in [9.17, 15) is 14.4 Å². The molecule has 0 saturated carbocycles. The molecular formula is C23H36N2O4. The normalized spacial score (nSPS) is 11.8. The molecule has 0 aliphatic heterocycles. The number of ketones is 1. The Kier molecular flexibility index (Phi) is 9.50. The lowest BCUT2D eigenvalue weighted by atomic mass is 9.70. The standard InChI is InChI=1S/C23H36N2O4/c1-17(26)22(2,3)16-23(4,5)18-12-14-19(15-13-18)24-20(27)10-8-6-7-9-11-21(28)25-29/h12-15,29H,6-11,16H2,1-5H3,(H,24,27)(H,25,28). The first-order valence-electron chi connectivity index (χ1n) is 10.3. The highest BCUT2D eigenvalue weighted by molar-refractivity contribution is 5.90. The summed E-state index contributed by atoms with van der Waals surface area (Å²) < 4.78 is 0. The number of amides is 2. The van der Waals surface area contributed by atoms with Crippen LogP contribution in [-0.4, -0.2) is 22.8 Å². The molecule has 0 unspecified atom stereocenters. The van der Waals surface area contributed by atoms with E-state index in [2.05, 4.69) is 19.2 Å². The van der Waals surface area contributed by atoms with Gasteiger partial charge in [0, 0.05) is 23.9 Å². The Hall–Kier alpha value is -2.21. The van der Waals surface area contributed by atoms with E-state index in [1.165, 1.54) is 0 Å². The van der Waals surface area contributed by atoms with Crippen molar-refractivity contribution in [3.8, 4) is 0 Å². The average Bonchev–Trinajstić information content (AvgIpc) is 2.63. The van der Waals surface area contributed by atoms with Crippen molar-refractivity contribution < 1.29 is 19.6 Å². The van der Waals surface area contributed by atoms with Crippen molar-refractivity contribution in [1.29, 1.82) is 0 Å². The number of carbonyl (C=O) groups excluding carboxylic acids is 3. The molecule has 3 N–H and O–H groups in total. The molecule has 0 bridgehead atoms. The summed E-state index contributed by atoms with van der Waals surface area (Å²) in [6, 6.07) is 7.84. The number of Topliss-reactive ketones (excluding diaryl/α,β-unsaturated/α-hetero) is 1. The minimum absolute atomic E-state index is 0.0252. The van der Waals surface area contributed by atoms with Crippen LogP contribution >= 0.6 is 0 Å². The van der Waals surface area contributed by atoms with E-state index in [0.29, 0.717) is 19.3 Å². The number of hydrogen-bond donors (Lipinski definition) is 3. The maximum atomic E-state index is 12.1. The van der Waals surface area contributed by atoms with Crippen LogP contribution in [0.25, 0.3) is 0 Å². The first-order chi connectivity index (χ1) is 13.5. The molecule has 0 atom stereocenters. The number of hydrogen-bond acceptors (Lipinski definition) is 4. The topological polar surface area (TPSA) is 95.5 Å². The number of anilines is 1. The highest BCUT2D eigenvalue weighted by Crippen LogP contribution is 2.37. The van der Waals surface area contributed by atoms with Gasteiger partial charge in [0.2, 0.25) is 11.8 Å². The van der Waals surface area contributed by atoms with Crippen LogP contribution in [0.15, 0.2) is 24.3 Å². The fourth-order valence-electron chi connectivity index (χ4n) is 3.54. The van der Waals surface area contributed by atoms with Gasteiger partial charge < -0.3 is 5.32 Å². The molecule has 1 aromatic rings. The Morgan fingerprint density at radius 3 is 1.86 bits per heavy atom. The van der Waals surface area contributed by atoms with Gasteiger partial charge in [-0.3, -0.25) is 19.6 Å². The Morgan fingerprint density at radius 1 is 0.862 bits per heavy atom. The molecule has 2 amide bonds. The lowest BCUT2D eigenvalue weighted by molar-refractivity contribution is -0.129. The summed E-state index contributed by atoms with van der Waals surface area (Å²) >= 11 is 0. The number of hydroxylamine groups is 1. The van der Waals surface area contributed by atoms with Crippen LogP contribution in [-0.2, 0) is 19.8 Å². The molecule has 0 radical (unpaired) electrons. The molecule has 0 fully saturated rings. The van der Waals surface area contributed by atoms with E-state index < -0.39 is 0 Å². The summed E-state index contributed by atoms with van der Waals surface area (Å²) in [7, 11) is 0. The van der Waals surface area contributed by atoms with Crippen molar-refractivity contribution in [2.45, 2.75) is 85.0 Å². The minimum Gasteiger partial charge on any atom is -0.326 e. The number of rotatable bonds is 12. The average molecular weight is 405 g/mol. The molecule has 6 heteroatoms. The zero-order valence-electron chi connectivity index (χ0n) is 18.4. The van der Waals surface area contributed by atoms with E-state index in [1.807, 2.05) is 38.1 Å². The third-order valence-corrected chi connectivity index (χ3v) is 5.47. The van der Waals surface area contributed by atoms with Crippen LogP contribution < -0.4 is 10.8 Å². The third kappa shape index (κ3) is 8.77. The molecule has 0 saturated heterocycles. The maximum absolute atomic E-state index is 12.1. The van der Waals surface area contributed by atoms with E-state index in [-0.39, 0.29) is 28.4 Å². The number of unbranched alkanes of at least 4 members (excludes halogenated alkanes) is 3. The zero-order chi connectivity index (χ0) is 22.1. The van der Waals surface area contributed by atoms with Crippen LogP contribution in [0, 0.1) is 5.41 Å². The van der Waals surface area contributed by atoms with E-state index in [4.69, 9.17) is 5.21 Å². The third-order valence-electron chi connectivity index (χ3n) is 5.47. The predicted molar refractivity (Wildman–Crippen MR) is 115 cm³/mol. The van der Waals surface area contributed by atoms with Gasteiger partial charge in [0.05, 0.1) is 0 Å². The first-order valence-corrected chi connectivity index (χ1v) is 10.3. The number of nitrogens with one attached hydrogen (secondary N) is 2. The van der Waals surface area contributed by atoms with Gasteiger partial charge in [0.25, 0.3) is 0 Å². The Balaban J connectivity index is 2.46. The number of carbonyl (C=O) groups is 3. The van der Waals surface area contributed by atoms with Crippen LogP contribution in [0.1, 0.15) is 85.1 Å². The van der Waals surface area contributed by atoms with Gasteiger partial charge in [-0.15, -0.1) is 0 Å². The van der Waals surface area contributed by atoms with Crippen LogP contribution in [0.4, 0.5) is 5.69 Å². The van der Waals surface area contributed by atoms with Crippen molar-refractivity contribution in [3.05, 3.63) is 29.8 Å². The van der Waals surface area contributed by atoms with Gasteiger partial charge in [-0.05, 0) is 49.3 Å². The van der Waals surface area contributed by atoms with E-state index >= 15 is 0 Å². The minimum atomic E-state index is -0.377. The molecule has 6 nitrogen and oxygen atoms in total. The molecule has 1 aromatic carbocycles. The van der Waals surface area contributed by atoms with Gasteiger partial charge in [0.15, 0.2) is 0 Å². The summed E-state index contributed by atoms with van der Waals surface area (Å²) in [5.41, 5.74) is 2.99. The van der Waals surface area contributed by atoms with Gasteiger partial charge in [-0.25, -0.2) is 5.48 Å². The zero-order valence-corrected chi connectivity index (χ0v) is 18.4. The summed E-state index contributed by atoms with van der Waals surface area (Å²) in [5, 5.41) is 11.3. The molecule has 1 rings (SSSR count). The summed E-state index contributed by atoms with van der Waals surface area (Å²) in [5.74, 6) is -0.215.